The summed E-state index contributed by atoms with van der Waals surface area (Å²) in [6.07, 6.45) is -1.68. The molecule has 1 aliphatic heterocycles. The first kappa shape index (κ1) is 26.3. The van der Waals surface area contributed by atoms with Crippen LogP contribution in [0.15, 0.2) is 30.6 Å². The molecule has 0 radical (unpaired) electrons. The number of rotatable bonds is 8. The number of aromatic nitrogens is 5. The lowest BCUT2D eigenvalue weighted by Gasteiger charge is -2.36. The van der Waals surface area contributed by atoms with Crippen LogP contribution in [-0.2, 0) is 15.7 Å². The molecule has 1 aromatic carbocycles. The van der Waals surface area contributed by atoms with Gasteiger partial charge in [-0.3, -0.25) is 9.59 Å². The third-order valence-corrected chi connectivity index (χ3v) is 6.41. The Kier molecular flexibility index (Phi) is 7.57. The molecule has 11 nitrogen and oxygen atoms in total. The SMILES string of the molecule is CC(COCC(=O)N(C)C1CCN(c2ncc(C(F)(F)F)cn2)CC1)n1nnc2ccc(C(N)=O)cc21. The molecule has 2 amide bonds. The van der Waals surface area contributed by atoms with Gasteiger partial charge in [-0.25, -0.2) is 14.6 Å². The van der Waals surface area contributed by atoms with Crippen molar-refractivity contribution in [2.45, 2.75) is 38.0 Å². The van der Waals surface area contributed by atoms with E-state index >= 15 is 0 Å². The van der Waals surface area contributed by atoms with Crippen LogP contribution in [-0.4, -0.2) is 81.1 Å². The molecule has 1 fully saturated rings. The fourth-order valence-electron chi connectivity index (χ4n) is 4.19. The van der Waals surface area contributed by atoms with Gasteiger partial charge in [-0.15, -0.1) is 5.10 Å². The van der Waals surface area contributed by atoms with Gasteiger partial charge in [0, 0.05) is 44.1 Å². The van der Waals surface area contributed by atoms with E-state index in [-0.39, 0.29) is 37.2 Å². The van der Waals surface area contributed by atoms with Crippen molar-refractivity contribution >= 4 is 28.8 Å². The van der Waals surface area contributed by atoms with Crippen molar-refractivity contribution in [3.8, 4) is 0 Å². The minimum Gasteiger partial charge on any atom is -0.369 e. The molecule has 4 rings (SSSR count). The summed E-state index contributed by atoms with van der Waals surface area (Å²) in [5.74, 6) is -0.498. The zero-order chi connectivity index (χ0) is 26.7. The number of nitrogens with zero attached hydrogens (tertiary/aromatic N) is 7. The number of halogens is 3. The quantitative estimate of drug-likeness (QED) is 0.477. The summed E-state index contributed by atoms with van der Waals surface area (Å²) in [4.78, 5) is 35.3. The third kappa shape index (κ3) is 5.96. The Morgan fingerprint density at radius 1 is 1.22 bits per heavy atom. The van der Waals surface area contributed by atoms with Gasteiger partial charge in [0.25, 0.3) is 0 Å². The number of amides is 2. The van der Waals surface area contributed by atoms with Crippen molar-refractivity contribution in [2.24, 2.45) is 5.73 Å². The van der Waals surface area contributed by atoms with Crippen LogP contribution in [0.25, 0.3) is 11.0 Å². The summed E-state index contributed by atoms with van der Waals surface area (Å²) in [6, 6.07) is 4.58. The van der Waals surface area contributed by atoms with Crippen molar-refractivity contribution in [1.29, 1.82) is 0 Å². The number of carbonyl (C=O) groups excluding carboxylic acids is 2. The Labute approximate surface area is 210 Å². The Hall–Kier alpha value is -3.81. The van der Waals surface area contributed by atoms with Crippen molar-refractivity contribution in [3.63, 3.8) is 0 Å². The lowest BCUT2D eigenvalue weighted by Crippen LogP contribution is -2.47. The maximum atomic E-state index is 12.7. The molecular formula is C23H27F3N8O3. The highest BCUT2D eigenvalue weighted by Crippen LogP contribution is 2.29. The van der Waals surface area contributed by atoms with E-state index in [4.69, 9.17) is 10.5 Å². The molecular weight excluding hydrogens is 493 g/mol. The molecule has 2 aromatic heterocycles. The number of hydrogen-bond acceptors (Lipinski definition) is 8. The topological polar surface area (TPSA) is 132 Å². The molecule has 3 aromatic rings. The fraction of sp³-hybridized carbons (Fsp3) is 0.478. The Morgan fingerprint density at radius 3 is 2.51 bits per heavy atom. The van der Waals surface area contributed by atoms with Crippen LogP contribution in [0.3, 0.4) is 0 Å². The number of alkyl halides is 3. The summed E-state index contributed by atoms with van der Waals surface area (Å²) in [6.45, 7) is 2.96. The third-order valence-electron chi connectivity index (χ3n) is 6.41. The minimum atomic E-state index is -4.48. The number of anilines is 1. The number of primary amides is 1. The molecule has 1 unspecified atom stereocenters. The van der Waals surface area contributed by atoms with Gasteiger partial charge in [0.15, 0.2) is 0 Å². The van der Waals surface area contributed by atoms with Gasteiger partial charge in [0.1, 0.15) is 12.1 Å². The molecule has 0 saturated carbocycles. The maximum absolute atomic E-state index is 12.7. The van der Waals surface area contributed by atoms with Gasteiger partial charge in [-0.05, 0) is 38.0 Å². The van der Waals surface area contributed by atoms with Crippen molar-refractivity contribution < 1.29 is 27.5 Å². The predicted molar refractivity (Wildman–Crippen MR) is 127 cm³/mol. The second-order valence-corrected chi connectivity index (χ2v) is 8.96. The zero-order valence-electron chi connectivity index (χ0n) is 20.4. The summed E-state index contributed by atoms with van der Waals surface area (Å²) < 4.78 is 45.4. The Morgan fingerprint density at radius 2 is 1.89 bits per heavy atom. The van der Waals surface area contributed by atoms with E-state index in [1.165, 1.54) is 0 Å². The van der Waals surface area contributed by atoms with Gasteiger partial charge in [0.05, 0.1) is 23.7 Å². The monoisotopic (exact) mass is 520 g/mol. The molecule has 0 aliphatic carbocycles. The number of benzene rings is 1. The largest absolute Gasteiger partial charge is 0.419 e. The molecule has 198 valence electrons. The average Bonchev–Trinajstić information content (AvgIpc) is 3.31. The molecule has 0 bridgehead atoms. The van der Waals surface area contributed by atoms with E-state index in [0.717, 1.165) is 12.4 Å². The molecule has 37 heavy (non-hydrogen) atoms. The predicted octanol–water partition coefficient (Wildman–Crippen LogP) is 2.04. The first-order valence-corrected chi connectivity index (χ1v) is 11.7. The van der Waals surface area contributed by atoms with Crippen LogP contribution in [0.4, 0.5) is 19.1 Å². The van der Waals surface area contributed by atoms with Crippen LogP contribution in [0, 0.1) is 0 Å². The van der Waals surface area contributed by atoms with Crippen molar-refractivity contribution in [3.05, 3.63) is 41.7 Å². The van der Waals surface area contributed by atoms with Crippen molar-refractivity contribution in [1.82, 2.24) is 29.9 Å². The zero-order valence-corrected chi connectivity index (χ0v) is 20.4. The normalized spacial score (nSPS) is 15.6. The van der Waals surface area contributed by atoms with E-state index in [1.54, 1.807) is 39.7 Å². The Bertz CT molecular complexity index is 1260. The van der Waals surface area contributed by atoms with Crippen LogP contribution in [0.2, 0.25) is 0 Å². The van der Waals surface area contributed by atoms with Crippen molar-refractivity contribution in [2.75, 3.05) is 38.3 Å². The molecule has 1 aliphatic rings. The standard InChI is InChI=1S/C23H27F3N8O3/c1-14(34-19-9-15(21(27)36)3-4-18(19)30-31-34)12-37-13-20(35)32(2)17-5-7-33(8-6-17)22-28-10-16(11-29-22)23(24,25)26/h3-4,9-11,14,17H,5-8,12-13H2,1-2H3,(H2,27,36). The number of hydrogen-bond donors (Lipinski definition) is 1. The molecule has 14 heteroatoms. The maximum Gasteiger partial charge on any atom is 0.419 e. The minimum absolute atomic E-state index is 0.0364. The number of ether oxygens (including phenoxy) is 1. The van der Waals surface area contributed by atoms with E-state index in [1.807, 2.05) is 6.92 Å². The highest BCUT2D eigenvalue weighted by Gasteiger charge is 2.32. The van der Waals surface area contributed by atoms with Crippen LogP contribution >= 0.6 is 0 Å². The number of likely N-dealkylation sites (N-methyl/N-ethyl adjacent to an activating group) is 1. The highest BCUT2D eigenvalue weighted by atomic mass is 19.4. The average molecular weight is 521 g/mol. The van der Waals surface area contributed by atoms with Gasteiger partial charge in [0.2, 0.25) is 17.8 Å². The number of piperidine rings is 1. The number of carbonyl (C=O) groups is 2. The summed E-state index contributed by atoms with van der Waals surface area (Å²) in [5.41, 5.74) is 6.06. The van der Waals surface area contributed by atoms with Gasteiger partial charge in [-0.1, -0.05) is 5.21 Å². The van der Waals surface area contributed by atoms with E-state index < -0.39 is 17.6 Å². The van der Waals surface area contributed by atoms with Crippen LogP contribution in [0.5, 0.6) is 0 Å². The lowest BCUT2D eigenvalue weighted by molar-refractivity contribution is -0.138. The fourth-order valence-corrected chi connectivity index (χ4v) is 4.19. The van der Waals surface area contributed by atoms with Gasteiger partial charge < -0.3 is 20.3 Å². The second-order valence-electron chi connectivity index (χ2n) is 8.96. The molecule has 2 N–H and O–H groups in total. The van der Waals surface area contributed by atoms with E-state index in [2.05, 4.69) is 20.3 Å². The first-order chi connectivity index (χ1) is 17.5. The van der Waals surface area contributed by atoms with Crippen LogP contribution in [0.1, 0.15) is 41.7 Å². The summed E-state index contributed by atoms with van der Waals surface area (Å²) in [5, 5.41) is 8.20. The number of nitrogens with two attached hydrogens (primary N) is 1. The smallest absolute Gasteiger partial charge is 0.369 e. The molecule has 1 atom stereocenters. The highest BCUT2D eigenvalue weighted by molar-refractivity contribution is 5.96. The molecule has 0 spiro atoms. The van der Waals surface area contributed by atoms with Crippen LogP contribution < -0.4 is 10.6 Å². The summed E-state index contributed by atoms with van der Waals surface area (Å²) >= 11 is 0. The van der Waals surface area contributed by atoms with E-state index in [0.29, 0.717) is 42.5 Å². The van der Waals surface area contributed by atoms with E-state index in [9.17, 15) is 22.8 Å². The lowest BCUT2D eigenvalue weighted by atomic mass is 10.0. The number of fused-ring (bicyclic) bond motifs is 1. The summed E-state index contributed by atoms with van der Waals surface area (Å²) in [7, 11) is 1.71. The second kappa shape index (κ2) is 10.7. The molecule has 1 saturated heterocycles. The van der Waals surface area contributed by atoms with Gasteiger partial charge >= 0.3 is 6.18 Å². The first-order valence-electron chi connectivity index (χ1n) is 11.7. The Balaban J connectivity index is 1.25. The molecule has 3 heterocycles. The van der Waals surface area contributed by atoms with Gasteiger partial charge in [-0.2, -0.15) is 13.2 Å².